The molecule has 0 aliphatic rings. The normalized spacial score (nSPS) is 12.0. The average molecular weight is 390 g/mol. The van der Waals surface area contributed by atoms with Gasteiger partial charge in [-0.05, 0) is 30.5 Å². The number of carboxylic acid groups (broad SMARTS) is 1. The molecular weight excluding hydrogens is 368 g/mol. The maximum absolute atomic E-state index is 12.2. The summed E-state index contributed by atoms with van der Waals surface area (Å²) in [6, 6.07) is 3.27. The Morgan fingerprint density at radius 2 is 1.86 bits per heavy atom. The van der Waals surface area contributed by atoms with Crippen LogP contribution >= 0.6 is 0 Å². The molecule has 1 unspecified atom stereocenters. The molecule has 2 rings (SSSR count). The molecule has 4 N–H and O–H groups in total. The molecule has 1 aromatic heterocycles. The summed E-state index contributed by atoms with van der Waals surface area (Å²) >= 11 is 0. The summed E-state index contributed by atoms with van der Waals surface area (Å²) < 4.78 is 5.15. The van der Waals surface area contributed by atoms with Crippen LogP contribution in [0.4, 0.5) is 0 Å². The van der Waals surface area contributed by atoms with Crippen LogP contribution in [0.1, 0.15) is 25.0 Å². The van der Waals surface area contributed by atoms with Crippen molar-refractivity contribution < 1.29 is 29.0 Å². The van der Waals surface area contributed by atoms with Crippen molar-refractivity contribution in [2.75, 3.05) is 6.54 Å². The Labute approximate surface area is 160 Å². The Balaban J connectivity index is 2.05. The Kier molecular flexibility index (Phi) is 6.40. The minimum absolute atomic E-state index is 0.0485. The summed E-state index contributed by atoms with van der Waals surface area (Å²) in [5, 5.41) is 23.8. The van der Waals surface area contributed by atoms with Crippen LogP contribution in [0.3, 0.4) is 0 Å². The van der Waals surface area contributed by atoms with E-state index in [1.165, 1.54) is 12.1 Å². The van der Waals surface area contributed by atoms with Crippen LogP contribution in [0.2, 0.25) is 0 Å². The average Bonchev–Trinajstić information content (AvgIpc) is 2.60. The first-order chi connectivity index (χ1) is 13.1. The van der Waals surface area contributed by atoms with Crippen LogP contribution in [0.15, 0.2) is 27.4 Å². The summed E-state index contributed by atoms with van der Waals surface area (Å²) in [6.07, 6.45) is -0.301. The number of nitrogens with one attached hydrogen (secondary N) is 2. The van der Waals surface area contributed by atoms with E-state index in [4.69, 9.17) is 9.52 Å². The molecule has 1 heterocycles. The molecule has 0 aliphatic heterocycles. The third-order valence-electron chi connectivity index (χ3n) is 4.30. The van der Waals surface area contributed by atoms with Crippen LogP contribution in [-0.4, -0.2) is 40.6 Å². The number of carbonyl (C=O) groups is 3. The largest absolute Gasteiger partial charge is 0.508 e. The number of aryl methyl sites for hydroxylation is 1. The lowest BCUT2D eigenvalue weighted by atomic mass is 10.0. The van der Waals surface area contributed by atoms with Crippen LogP contribution in [0.25, 0.3) is 11.0 Å². The molecule has 2 aromatic rings. The zero-order valence-corrected chi connectivity index (χ0v) is 15.7. The fraction of sp³-hybridized carbons (Fsp3) is 0.368. The highest BCUT2D eigenvalue weighted by Gasteiger charge is 2.23. The second-order valence-corrected chi connectivity index (χ2v) is 6.75. The van der Waals surface area contributed by atoms with Gasteiger partial charge in [-0.3, -0.25) is 9.59 Å². The third kappa shape index (κ3) is 4.87. The topological polar surface area (TPSA) is 146 Å². The number of hydrogen-bond acceptors (Lipinski definition) is 6. The molecular formula is C19H22N2O7. The number of carboxylic acids is 1. The predicted octanol–water partition coefficient (Wildman–Crippen LogP) is 0.691. The minimum atomic E-state index is -1.16. The van der Waals surface area contributed by atoms with Crippen LogP contribution in [0.5, 0.6) is 5.75 Å². The molecule has 0 saturated heterocycles. The molecule has 2 amide bonds. The second kappa shape index (κ2) is 8.55. The molecule has 0 spiro atoms. The van der Waals surface area contributed by atoms with Gasteiger partial charge in [0.15, 0.2) is 0 Å². The maximum atomic E-state index is 12.2. The Hall–Kier alpha value is -3.36. The van der Waals surface area contributed by atoms with Gasteiger partial charge in [-0.2, -0.15) is 0 Å². The van der Waals surface area contributed by atoms with E-state index in [2.05, 4.69) is 10.6 Å². The minimum Gasteiger partial charge on any atom is -0.508 e. The van der Waals surface area contributed by atoms with Gasteiger partial charge in [-0.15, -0.1) is 0 Å². The van der Waals surface area contributed by atoms with Crippen molar-refractivity contribution in [1.29, 1.82) is 0 Å². The summed E-state index contributed by atoms with van der Waals surface area (Å²) in [6.45, 7) is 4.55. The van der Waals surface area contributed by atoms with E-state index in [0.29, 0.717) is 10.9 Å². The van der Waals surface area contributed by atoms with Gasteiger partial charge in [-0.25, -0.2) is 9.59 Å². The van der Waals surface area contributed by atoms with E-state index in [9.17, 15) is 24.3 Å². The predicted molar refractivity (Wildman–Crippen MR) is 100 cm³/mol. The molecule has 0 fully saturated rings. The van der Waals surface area contributed by atoms with E-state index in [-0.39, 0.29) is 29.2 Å². The summed E-state index contributed by atoms with van der Waals surface area (Å²) in [7, 11) is 0. The highest BCUT2D eigenvalue weighted by molar-refractivity contribution is 5.89. The van der Waals surface area contributed by atoms with Gasteiger partial charge in [-0.1, -0.05) is 13.8 Å². The molecule has 9 heteroatoms. The number of fused-ring (bicyclic) bond motifs is 1. The second-order valence-electron chi connectivity index (χ2n) is 6.75. The highest BCUT2D eigenvalue weighted by atomic mass is 16.4. The summed E-state index contributed by atoms with van der Waals surface area (Å²) in [5.41, 5.74) is 0.179. The van der Waals surface area contributed by atoms with E-state index in [1.807, 2.05) is 0 Å². The lowest BCUT2D eigenvalue weighted by Crippen LogP contribution is -2.48. The van der Waals surface area contributed by atoms with Crippen molar-refractivity contribution in [2.24, 2.45) is 5.92 Å². The van der Waals surface area contributed by atoms with E-state index in [1.54, 1.807) is 26.8 Å². The number of benzene rings is 1. The highest BCUT2D eigenvalue weighted by Crippen LogP contribution is 2.23. The Bertz CT molecular complexity index is 978. The first-order valence-corrected chi connectivity index (χ1v) is 8.64. The fourth-order valence-electron chi connectivity index (χ4n) is 2.73. The summed E-state index contributed by atoms with van der Waals surface area (Å²) in [4.78, 5) is 47.3. The number of carbonyl (C=O) groups excluding carboxylic acids is 2. The van der Waals surface area contributed by atoms with Crippen LogP contribution in [-0.2, 0) is 20.8 Å². The fourth-order valence-corrected chi connectivity index (χ4v) is 2.73. The standard InChI is InChI=1S/C19H22N2O7/c1-9(2)17(18(25)26)21-16(24)8-20-15(23)7-13-10(3)12-5-4-11(22)6-14(12)28-19(13)27/h4-6,9,17,22H,7-8H2,1-3H3,(H,20,23)(H,21,24)(H,25,26). The monoisotopic (exact) mass is 390 g/mol. The van der Waals surface area contributed by atoms with Gasteiger partial charge in [0.1, 0.15) is 17.4 Å². The van der Waals surface area contributed by atoms with Crippen LogP contribution < -0.4 is 16.3 Å². The number of phenols is 1. The van der Waals surface area contributed by atoms with Crippen molar-refractivity contribution in [2.45, 2.75) is 33.2 Å². The van der Waals surface area contributed by atoms with Gasteiger partial charge in [0.05, 0.1) is 18.5 Å². The van der Waals surface area contributed by atoms with E-state index >= 15 is 0 Å². The quantitative estimate of drug-likeness (QED) is 0.509. The lowest BCUT2D eigenvalue weighted by Gasteiger charge is -2.18. The lowest BCUT2D eigenvalue weighted by molar-refractivity contribution is -0.143. The zero-order valence-electron chi connectivity index (χ0n) is 15.7. The summed E-state index contributed by atoms with van der Waals surface area (Å²) in [5.74, 6) is -2.76. The molecule has 28 heavy (non-hydrogen) atoms. The van der Waals surface area contributed by atoms with Crippen molar-refractivity contribution in [3.05, 3.63) is 39.7 Å². The molecule has 1 atom stereocenters. The van der Waals surface area contributed by atoms with Crippen molar-refractivity contribution >= 4 is 28.8 Å². The third-order valence-corrected chi connectivity index (χ3v) is 4.30. The SMILES string of the molecule is Cc1c(CC(=O)NCC(=O)NC(C(=O)O)C(C)C)c(=O)oc2cc(O)ccc12. The number of aromatic hydroxyl groups is 1. The van der Waals surface area contributed by atoms with E-state index < -0.39 is 36.0 Å². The Morgan fingerprint density at radius 1 is 1.18 bits per heavy atom. The number of hydrogen-bond donors (Lipinski definition) is 4. The zero-order chi connectivity index (χ0) is 21.0. The van der Waals surface area contributed by atoms with Gasteiger partial charge in [0, 0.05) is 11.5 Å². The number of amides is 2. The van der Waals surface area contributed by atoms with Gasteiger partial charge in [0.2, 0.25) is 11.8 Å². The number of rotatable bonds is 7. The Morgan fingerprint density at radius 3 is 2.46 bits per heavy atom. The molecule has 9 nitrogen and oxygen atoms in total. The smallest absolute Gasteiger partial charge is 0.340 e. The van der Waals surface area contributed by atoms with Gasteiger partial charge >= 0.3 is 11.6 Å². The molecule has 0 radical (unpaired) electrons. The molecule has 150 valence electrons. The molecule has 0 aliphatic carbocycles. The maximum Gasteiger partial charge on any atom is 0.340 e. The first-order valence-electron chi connectivity index (χ1n) is 8.64. The molecule has 1 aromatic carbocycles. The number of aliphatic carboxylic acids is 1. The van der Waals surface area contributed by atoms with Gasteiger partial charge in [0.25, 0.3) is 0 Å². The van der Waals surface area contributed by atoms with Crippen molar-refractivity contribution in [1.82, 2.24) is 10.6 Å². The van der Waals surface area contributed by atoms with Crippen LogP contribution in [0, 0.1) is 12.8 Å². The molecule has 0 saturated carbocycles. The molecule has 0 bridgehead atoms. The van der Waals surface area contributed by atoms with Crippen molar-refractivity contribution in [3.63, 3.8) is 0 Å². The number of phenolic OH excluding ortho intramolecular Hbond substituents is 1. The van der Waals surface area contributed by atoms with E-state index in [0.717, 1.165) is 0 Å². The first kappa shape index (κ1) is 20.9. The van der Waals surface area contributed by atoms with Gasteiger partial charge < -0.3 is 25.3 Å². The van der Waals surface area contributed by atoms with Crippen molar-refractivity contribution in [3.8, 4) is 5.75 Å².